The van der Waals surface area contributed by atoms with E-state index in [4.69, 9.17) is 73.1 Å². The number of nitrogens with zero attached hydrogens (tertiary/aromatic N) is 11. The number of hydrogen-bond acceptors (Lipinski definition) is 26. The Hall–Kier alpha value is -8.46. The second kappa shape index (κ2) is 35.2. The van der Waals surface area contributed by atoms with E-state index in [0.29, 0.717) is 56.8 Å². The van der Waals surface area contributed by atoms with Gasteiger partial charge < -0.3 is 44.0 Å². The van der Waals surface area contributed by atoms with Crippen LogP contribution in [0.3, 0.4) is 0 Å². The van der Waals surface area contributed by atoms with Gasteiger partial charge in [-0.05, 0) is 181 Å². The van der Waals surface area contributed by atoms with Crippen molar-refractivity contribution in [1.29, 1.82) is 0 Å². The molecule has 0 atom stereocenters. The molecule has 0 amide bonds. The molecular weight excluding hydrogens is 1630 g/mol. The van der Waals surface area contributed by atoms with E-state index in [-0.39, 0.29) is 28.9 Å². The van der Waals surface area contributed by atoms with Crippen LogP contribution in [0.4, 0.5) is 34.5 Å². The molecule has 5 aromatic carbocycles. The SMILES string of the molecule is CC(C)S(=O)(=O)Cl.CC(C)S(=O)(=O)Nc1cccc(-c2cc3nc(-c4cccc5[nH]ncc45)nc(N4CCOCC4)c3s2)c1.CC(C)S(=O)(=O)Nc1cccc(-c2cc3nc(Cl)nc(N4CCOCC4)c3s2)c1.CC1(C)OB(c2cccc3[nH]ncc23)OC1(C)C.Nc1cccc(-c2cc3nc(Cl)nc(N4CCOCC4)c3s2)c1. The van der Waals surface area contributed by atoms with Gasteiger partial charge in [-0.2, -0.15) is 20.2 Å². The van der Waals surface area contributed by atoms with Crippen LogP contribution in [0, 0.1) is 0 Å². The molecule has 8 aromatic heterocycles. The maximum atomic E-state index is 12.4. The third-order valence-electron chi connectivity index (χ3n) is 19.5. The zero-order valence-corrected chi connectivity index (χ0v) is 71.3. The largest absolute Gasteiger partial charge is 0.495 e. The van der Waals surface area contributed by atoms with Gasteiger partial charge in [0, 0.05) is 98.0 Å². The van der Waals surface area contributed by atoms with Gasteiger partial charge in [0.15, 0.2) is 23.3 Å². The van der Waals surface area contributed by atoms with Crippen LogP contribution in [0.25, 0.3) is 95.2 Å². The normalized spacial score (nSPS) is 15.9. The van der Waals surface area contributed by atoms with E-state index < -0.39 is 44.8 Å². The highest BCUT2D eigenvalue weighted by Gasteiger charge is 2.52. The number of sulfonamides is 2. The summed E-state index contributed by atoms with van der Waals surface area (Å²) in [4.78, 5) is 37.4. The molecular formula is C77H86BCl3N16O11S6. The topological polar surface area (TPSA) is 343 Å². The molecule has 37 heteroatoms. The van der Waals surface area contributed by atoms with Gasteiger partial charge in [-0.15, -0.1) is 34.0 Å². The van der Waals surface area contributed by atoms with E-state index in [1.165, 1.54) is 13.8 Å². The first-order valence-corrected chi connectivity index (χ1v) is 45.4. The summed E-state index contributed by atoms with van der Waals surface area (Å²) in [6.45, 7) is 26.5. The van der Waals surface area contributed by atoms with Gasteiger partial charge in [-0.1, -0.05) is 60.7 Å². The van der Waals surface area contributed by atoms with Crippen LogP contribution in [0.15, 0.2) is 140 Å². The molecule has 114 heavy (non-hydrogen) atoms. The number of fused-ring (bicyclic) bond motifs is 5. The molecule has 4 aliphatic heterocycles. The minimum atomic E-state index is -3.44. The first-order valence-electron chi connectivity index (χ1n) is 36.8. The van der Waals surface area contributed by atoms with Gasteiger partial charge in [0.2, 0.25) is 39.7 Å². The highest BCUT2D eigenvalue weighted by Crippen LogP contribution is 2.44. The van der Waals surface area contributed by atoms with E-state index in [1.807, 2.05) is 115 Å². The lowest BCUT2D eigenvalue weighted by Gasteiger charge is -2.32. The summed E-state index contributed by atoms with van der Waals surface area (Å²) in [5.74, 6) is 3.24. The number of benzene rings is 5. The molecule has 27 nitrogen and oxygen atoms in total. The van der Waals surface area contributed by atoms with Crippen LogP contribution in [0.5, 0.6) is 0 Å². The van der Waals surface area contributed by atoms with Gasteiger partial charge in [0.05, 0.1) is 121 Å². The Morgan fingerprint density at radius 3 is 1.28 bits per heavy atom. The van der Waals surface area contributed by atoms with Crippen molar-refractivity contribution < 1.29 is 48.8 Å². The van der Waals surface area contributed by atoms with Crippen molar-refractivity contribution in [3.05, 3.63) is 150 Å². The molecule has 0 saturated carbocycles. The zero-order valence-electron chi connectivity index (χ0n) is 64.1. The van der Waals surface area contributed by atoms with Crippen molar-refractivity contribution in [2.75, 3.05) is 109 Å². The number of anilines is 6. The minimum absolute atomic E-state index is 0.210. The lowest BCUT2D eigenvalue weighted by Crippen LogP contribution is -2.41. The van der Waals surface area contributed by atoms with E-state index in [9.17, 15) is 25.3 Å². The number of H-pyrrole nitrogens is 2. The number of rotatable bonds is 15. The summed E-state index contributed by atoms with van der Waals surface area (Å²) in [6, 6.07) is 40.7. The van der Waals surface area contributed by atoms with Crippen molar-refractivity contribution in [1.82, 2.24) is 50.3 Å². The number of aromatic nitrogens is 10. The maximum absolute atomic E-state index is 12.4. The Kier molecular flexibility index (Phi) is 25.8. The van der Waals surface area contributed by atoms with Crippen molar-refractivity contribution in [3.63, 3.8) is 0 Å². The fourth-order valence-corrected chi connectivity index (χ4v) is 17.3. The number of nitrogens with one attached hydrogen (secondary N) is 4. The highest BCUT2D eigenvalue weighted by molar-refractivity contribution is 8.14. The standard InChI is InChI=1S/C26H26N6O3S2.C19H21ClN4O3S2.C16H15ClN4OS.C13H17BN2O2.C3H7ClO2S/c1-16(2)37(33,34)31-18-6-3-5-17(13-18)23-14-22-24(36-23)26(32-9-11-35-12-10-32)29-25(28-22)19-7-4-8-21-20(19)15-27-30-21;1-12(2)29(25,26)23-14-5-3-4-13(10-14)16-11-15-17(28-16)18(22-19(20)21-15)24-6-8-27-9-7-24;17-16-19-12-9-13(10-2-1-3-11(18)8-10)23-14(12)15(20-16)21-4-6-22-7-5-21;1-12(2)13(3,4)18-14(17-12)10-6-5-7-11-9(10)8-15-16-11;1-3(2)7(4,5)6/h3-8,13-16,31H,9-12H2,1-2H3,(H,27,30);3-5,10-12,23H,6-9H2,1-2H3;1-3,8-9H,4-7,18H2;5-8H,1-4H3,(H,15,16);3H,1-2H3. The molecule has 600 valence electrons. The molecule has 0 radical (unpaired) electrons. The van der Waals surface area contributed by atoms with Crippen LogP contribution in [0.1, 0.15) is 69.2 Å². The summed E-state index contributed by atoms with van der Waals surface area (Å²) < 4.78 is 106. The molecule has 6 N–H and O–H groups in total. The van der Waals surface area contributed by atoms with Gasteiger partial charge in [-0.3, -0.25) is 19.6 Å². The van der Waals surface area contributed by atoms with Crippen LogP contribution < -0.4 is 35.3 Å². The molecule has 0 unspecified atom stereocenters. The molecule has 0 bridgehead atoms. The lowest BCUT2D eigenvalue weighted by molar-refractivity contribution is 0.00578. The summed E-state index contributed by atoms with van der Waals surface area (Å²) >= 11 is 17.1. The van der Waals surface area contributed by atoms with E-state index >= 15 is 0 Å². The molecule has 0 aliphatic carbocycles. The number of thiophene rings is 3. The molecule has 13 aromatic rings. The monoisotopic (exact) mass is 1720 g/mol. The summed E-state index contributed by atoms with van der Waals surface area (Å²) in [6.07, 6.45) is 3.62. The maximum Gasteiger partial charge on any atom is 0.495 e. The predicted molar refractivity (Wildman–Crippen MR) is 464 cm³/mol. The Morgan fingerprint density at radius 2 is 0.860 bits per heavy atom. The lowest BCUT2D eigenvalue weighted by atomic mass is 9.77. The molecule has 0 spiro atoms. The predicted octanol–water partition coefficient (Wildman–Crippen LogP) is 15.1. The Balaban J connectivity index is 0.000000132. The second-order valence-electron chi connectivity index (χ2n) is 28.9. The van der Waals surface area contributed by atoms with E-state index in [2.05, 4.69) is 98.2 Å². The molecule has 4 aliphatic rings. The third-order valence-corrected chi connectivity index (χ3v) is 29.0. The van der Waals surface area contributed by atoms with Gasteiger partial charge in [-0.25, -0.2) is 45.2 Å². The fraction of sp³-hybridized carbons (Fsp3) is 0.351. The fourth-order valence-electron chi connectivity index (χ4n) is 12.3. The summed E-state index contributed by atoms with van der Waals surface area (Å²) in [7, 11) is -5.61. The number of halogens is 3. The zero-order chi connectivity index (χ0) is 81.0. The van der Waals surface area contributed by atoms with Crippen molar-refractivity contribution in [2.24, 2.45) is 0 Å². The Bertz CT molecular complexity index is 5950. The van der Waals surface area contributed by atoms with E-state index in [0.717, 1.165) is 157 Å². The number of ether oxygens (including phenoxy) is 3. The summed E-state index contributed by atoms with van der Waals surface area (Å²) in [5, 5.41) is 15.3. The first-order chi connectivity index (χ1) is 54.3. The molecule has 17 rings (SSSR count). The minimum Gasteiger partial charge on any atom is -0.399 e. The van der Waals surface area contributed by atoms with Crippen LogP contribution in [-0.2, 0) is 52.6 Å². The first kappa shape index (κ1) is 83.5. The number of morpholine rings is 3. The van der Waals surface area contributed by atoms with Gasteiger partial charge >= 0.3 is 7.12 Å². The second-order valence-corrected chi connectivity index (χ2v) is 40.4. The highest BCUT2D eigenvalue weighted by atomic mass is 35.7. The van der Waals surface area contributed by atoms with Gasteiger partial charge in [0.25, 0.3) is 0 Å². The van der Waals surface area contributed by atoms with Crippen LogP contribution >= 0.6 is 67.9 Å². The Morgan fingerprint density at radius 1 is 0.482 bits per heavy atom. The van der Waals surface area contributed by atoms with Crippen LogP contribution in [0.2, 0.25) is 10.6 Å². The third kappa shape index (κ3) is 19.5. The summed E-state index contributed by atoms with van der Waals surface area (Å²) in [5.41, 5.74) is 16.4. The van der Waals surface area contributed by atoms with Crippen LogP contribution in [-0.4, -0.2) is 189 Å². The number of nitrogen functional groups attached to an aromatic ring is 1. The van der Waals surface area contributed by atoms with Gasteiger partial charge in [0.1, 0.15) is 0 Å². The number of nitrogens with two attached hydrogens (primary N) is 1. The molecule has 4 saturated heterocycles. The molecule has 4 fully saturated rings. The average molecular weight is 1720 g/mol. The number of aromatic amines is 2. The average Bonchev–Trinajstić information content (AvgIpc) is 1.62. The number of hydrogen-bond donors (Lipinski definition) is 5. The molecule has 12 heterocycles. The van der Waals surface area contributed by atoms with E-state index in [1.54, 1.807) is 80.0 Å². The van der Waals surface area contributed by atoms with Crippen molar-refractivity contribution in [2.45, 2.75) is 96.2 Å². The quantitative estimate of drug-likeness (QED) is 0.0275. The smallest absolute Gasteiger partial charge is 0.399 e. The van der Waals surface area contributed by atoms with Crippen molar-refractivity contribution in [3.8, 4) is 42.7 Å². The van der Waals surface area contributed by atoms with Crippen molar-refractivity contribution >= 4 is 197 Å². The Labute approximate surface area is 688 Å².